The molecule has 1 heterocycles. The monoisotopic (exact) mass is 297 g/mol. The Morgan fingerprint density at radius 3 is 2.55 bits per heavy atom. The highest BCUT2D eigenvalue weighted by Crippen LogP contribution is 2.15. The van der Waals surface area contributed by atoms with Crippen LogP contribution in [-0.2, 0) is 13.0 Å². The molecule has 3 nitrogen and oxygen atoms in total. The summed E-state index contributed by atoms with van der Waals surface area (Å²) < 4.78 is 2.22. The summed E-state index contributed by atoms with van der Waals surface area (Å²) in [6, 6.07) is 12.6. The van der Waals surface area contributed by atoms with Gasteiger partial charge < -0.3 is 10.3 Å². The van der Waals surface area contributed by atoms with Gasteiger partial charge in [0, 0.05) is 19.3 Å². The molecule has 0 unspecified atom stereocenters. The molecule has 0 bridgehead atoms. The molecule has 0 saturated heterocycles. The first-order valence-electron chi connectivity index (χ1n) is 8.28. The first kappa shape index (κ1) is 16.3. The molecule has 0 fully saturated rings. The highest BCUT2D eigenvalue weighted by atomic mass is 15.0. The molecule has 0 radical (unpaired) electrons. The highest BCUT2D eigenvalue weighted by Gasteiger charge is 2.11. The first-order valence-corrected chi connectivity index (χ1v) is 8.28. The number of nitrogens with zero attached hydrogens (tertiary/aromatic N) is 2. The van der Waals surface area contributed by atoms with Crippen LogP contribution in [0.15, 0.2) is 47.6 Å². The van der Waals surface area contributed by atoms with Gasteiger partial charge in [-0.1, -0.05) is 57.0 Å². The normalized spacial score (nSPS) is 11.8. The van der Waals surface area contributed by atoms with E-state index in [0.717, 1.165) is 31.6 Å². The Balaban J connectivity index is 2.19. The van der Waals surface area contributed by atoms with Gasteiger partial charge in [-0.15, -0.1) is 0 Å². The minimum Gasteiger partial charge on any atom is -0.382 e. The number of benzene rings is 1. The van der Waals surface area contributed by atoms with Crippen LogP contribution in [0.25, 0.3) is 0 Å². The Kier molecular flexibility index (Phi) is 6.26. The third kappa shape index (κ3) is 4.23. The summed E-state index contributed by atoms with van der Waals surface area (Å²) >= 11 is 0. The van der Waals surface area contributed by atoms with Gasteiger partial charge in [0.15, 0.2) is 0 Å². The zero-order chi connectivity index (χ0) is 15.8. The summed E-state index contributed by atoms with van der Waals surface area (Å²) in [4.78, 5) is 4.59. The van der Waals surface area contributed by atoms with Crippen LogP contribution in [0.2, 0.25) is 0 Å². The van der Waals surface area contributed by atoms with Crippen LogP contribution < -0.4 is 5.73 Å². The smallest absolute Gasteiger partial charge is 0.142 e. The molecular formula is C19H27N3. The van der Waals surface area contributed by atoms with E-state index >= 15 is 0 Å². The minimum absolute atomic E-state index is 0.675. The van der Waals surface area contributed by atoms with Gasteiger partial charge in [-0.3, -0.25) is 4.99 Å². The summed E-state index contributed by atoms with van der Waals surface area (Å²) in [6.07, 6.45) is 6.62. The van der Waals surface area contributed by atoms with E-state index in [1.807, 2.05) is 6.07 Å². The summed E-state index contributed by atoms with van der Waals surface area (Å²) in [5, 5.41) is 0. The average Bonchev–Trinajstić information content (AvgIpc) is 2.95. The number of aromatic nitrogens is 1. The highest BCUT2D eigenvalue weighted by molar-refractivity contribution is 5.97. The van der Waals surface area contributed by atoms with Crippen molar-refractivity contribution in [3.63, 3.8) is 0 Å². The molecule has 1 aromatic heterocycles. The maximum Gasteiger partial charge on any atom is 0.142 e. The molecule has 2 rings (SSSR count). The van der Waals surface area contributed by atoms with E-state index in [2.05, 4.69) is 59.9 Å². The molecule has 3 heteroatoms. The van der Waals surface area contributed by atoms with Gasteiger partial charge in [0.2, 0.25) is 0 Å². The second-order valence-electron chi connectivity index (χ2n) is 5.63. The fourth-order valence-corrected chi connectivity index (χ4v) is 2.66. The van der Waals surface area contributed by atoms with Gasteiger partial charge in [-0.25, -0.2) is 0 Å². The van der Waals surface area contributed by atoms with E-state index in [4.69, 9.17) is 5.73 Å². The van der Waals surface area contributed by atoms with Crippen LogP contribution in [0.1, 0.15) is 49.9 Å². The number of hydrogen-bond donors (Lipinski definition) is 1. The number of aliphatic imine (C=N–C) groups is 1. The van der Waals surface area contributed by atoms with Gasteiger partial charge in [-0.05, 0) is 30.0 Å². The molecule has 0 aliphatic carbocycles. The number of amidine groups is 1. The second-order valence-corrected chi connectivity index (χ2v) is 5.63. The van der Waals surface area contributed by atoms with Crippen molar-refractivity contribution >= 4 is 5.84 Å². The molecule has 22 heavy (non-hydrogen) atoms. The van der Waals surface area contributed by atoms with Crippen molar-refractivity contribution in [2.75, 3.05) is 6.54 Å². The molecule has 0 aliphatic heterocycles. The third-order valence-electron chi connectivity index (χ3n) is 3.91. The van der Waals surface area contributed by atoms with E-state index < -0.39 is 0 Å². The lowest BCUT2D eigenvalue weighted by molar-refractivity contribution is 0.726. The molecule has 2 N–H and O–H groups in total. The molecule has 0 spiro atoms. The SMILES string of the molecule is CCCCCN=C(N)c1c(CC)ccn1Cc1ccccc1. The quantitative estimate of drug-likeness (QED) is 0.447. The first-order chi connectivity index (χ1) is 10.8. The second kappa shape index (κ2) is 8.42. The van der Waals surface area contributed by atoms with Gasteiger partial charge in [-0.2, -0.15) is 0 Å². The Hall–Kier alpha value is -2.03. The van der Waals surface area contributed by atoms with Crippen molar-refractivity contribution in [1.29, 1.82) is 0 Å². The van der Waals surface area contributed by atoms with Crippen LogP contribution >= 0.6 is 0 Å². The molecule has 118 valence electrons. The minimum atomic E-state index is 0.675. The number of unbranched alkanes of at least 4 members (excludes halogenated alkanes) is 2. The van der Waals surface area contributed by atoms with Crippen LogP contribution in [-0.4, -0.2) is 16.9 Å². The molecule has 0 atom stereocenters. The van der Waals surface area contributed by atoms with E-state index in [1.165, 1.54) is 24.0 Å². The fourth-order valence-electron chi connectivity index (χ4n) is 2.66. The third-order valence-corrected chi connectivity index (χ3v) is 3.91. The molecular weight excluding hydrogens is 270 g/mol. The van der Waals surface area contributed by atoms with Gasteiger partial charge in [0.1, 0.15) is 5.84 Å². The largest absolute Gasteiger partial charge is 0.382 e. The maximum atomic E-state index is 6.28. The topological polar surface area (TPSA) is 43.3 Å². The summed E-state index contributed by atoms with van der Waals surface area (Å²) in [6.45, 7) is 6.02. The zero-order valence-corrected chi connectivity index (χ0v) is 13.8. The van der Waals surface area contributed by atoms with Crippen LogP contribution in [0.3, 0.4) is 0 Å². The van der Waals surface area contributed by atoms with Crippen molar-refractivity contribution in [1.82, 2.24) is 4.57 Å². The van der Waals surface area contributed by atoms with E-state index in [0.29, 0.717) is 5.84 Å². The van der Waals surface area contributed by atoms with Gasteiger partial charge in [0.05, 0.1) is 5.69 Å². The van der Waals surface area contributed by atoms with Gasteiger partial charge in [0.25, 0.3) is 0 Å². The molecule has 2 aromatic rings. The van der Waals surface area contributed by atoms with E-state index in [9.17, 15) is 0 Å². The molecule has 1 aromatic carbocycles. The van der Waals surface area contributed by atoms with Gasteiger partial charge >= 0.3 is 0 Å². The number of rotatable bonds is 8. The summed E-state index contributed by atoms with van der Waals surface area (Å²) in [7, 11) is 0. The van der Waals surface area contributed by atoms with Crippen LogP contribution in [0, 0.1) is 0 Å². The zero-order valence-electron chi connectivity index (χ0n) is 13.8. The number of hydrogen-bond acceptors (Lipinski definition) is 1. The van der Waals surface area contributed by atoms with Crippen molar-refractivity contribution in [3.05, 3.63) is 59.4 Å². The maximum absolute atomic E-state index is 6.28. The summed E-state index contributed by atoms with van der Waals surface area (Å²) in [5.74, 6) is 0.675. The fraction of sp³-hybridized carbons (Fsp3) is 0.421. The Morgan fingerprint density at radius 2 is 1.86 bits per heavy atom. The predicted octanol–water partition coefficient (Wildman–Crippen LogP) is 3.99. The van der Waals surface area contributed by atoms with Crippen molar-refractivity contribution in [3.8, 4) is 0 Å². The average molecular weight is 297 g/mol. The van der Waals surface area contributed by atoms with E-state index in [1.54, 1.807) is 0 Å². The molecule has 0 saturated carbocycles. The van der Waals surface area contributed by atoms with Crippen molar-refractivity contribution in [2.45, 2.75) is 46.1 Å². The number of aryl methyl sites for hydroxylation is 1. The molecule has 0 amide bonds. The van der Waals surface area contributed by atoms with Crippen molar-refractivity contribution in [2.24, 2.45) is 10.7 Å². The Labute approximate surface area is 133 Å². The lowest BCUT2D eigenvalue weighted by Gasteiger charge is -2.11. The lowest BCUT2D eigenvalue weighted by atomic mass is 10.1. The summed E-state index contributed by atoms with van der Waals surface area (Å²) in [5.41, 5.74) is 9.92. The van der Waals surface area contributed by atoms with Crippen LogP contribution in [0.4, 0.5) is 0 Å². The standard InChI is InChI=1S/C19H27N3/c1-3-5-9-13-21-19(20)18-17(4-2)12-14-22(18)15-16-10-7-6-8-11-16/h6-8,10-12,14H,3-5,9,13,15H2,1-2H3,(H2,20,21). The Bertz CT molecular complexity index is 596. The van der Waals surface area contributed by atoms with Crippen molar-refractivity contribution < 1.29 is 0 Å². The Morgan fingerprint density at radius 1 is 1.09 bits per heavy atom. The lowest BCUT2D eigenvalue weighted by Crippen LogP contribution is -2.21. The van der Waals surface area contributed by atoms with Crippen LogP contribution in [0.5, 0.6) is 0 Å². The predicted molar refractivity (Wildman–Crippen MR) is 94.5 cm³/mol. The molecule has 0 aliphatic rings. The van der Waals surface area contributed by atoms with E-state index in [-0.39, 0.29) is 0 Å². The number of nitrogens with two attached hydrogens (primary N) is 1.